The van der Waals surface area contributed by atoms with Gasteiger partial charge in [-0.05, 0) is 30.3 Å². The number of pyridine rings is 1. The highest BCUT2D eigenvalue weighted by Crippen LogP contribution is 2.30. The van der Waals surface area contributed by atoms with E-state index in [-0.39, 0.29) is 0 Å². The van der Waals surface area contributed by atoms with Crippen molar-refractivity contribution in [3.8, 4) is 17.0 Å². The van der Waals surface area contributed by atoms with Crippen LogP contribution in [0.3, 0.4) is 0 Å². The Hall–Kier alpha value is -2.23. The van der Waals surface area contributed by atoms with Crippen molar-refractivity contribution in [2.75, 3.05) is 7.11 Å². The smallest absolute Gasteiger partial charge is 0.221 e. The number of halogens is 1. The number of benzene rings is 1. The second-order valence-electron chi connectivity index (χ2n) is 3.42. The monoisotopic (exact) mass is 231 g/mol. The predicted molar refractivity (Wildman–Crippen MR) is 61.6 cm³/mol. The van der Waals surface area contributed by atoms with Crippen LogP contribution in [0.15, 0.2) is 36.5 Å². The first kappa shape index (κ1) is 11.3. The number of carbonyl (C=O) groups excluding carboxylic acids is 1. The summed E-state index contributed by atoms with van der Waals surface area (Å²) in [5.74, 6) is -0.0867. The number of aldehydes is 1. The summed E-state index contributed by atoms with van der Waals surface area (Å²) in [6.45, 7) is 0. The van der Waals surface area contributed by atoms with E-state index in [0.29, 0.717) is 28.9 Å². The second kappa shape index (κ2) is 4.74. The predicted octanol–water partition coefficient (Wildman–Crippen LogP) is 2.71. The third-order valence-electron chi connectivity index (χ3n) is 2.38. The molecule has 3 nitrogen and oxygen atoms in total. The number of ether oxygens (including phenoxy) is 1. The van der Waals surface area contributed by atoms with Gasteiger partial charge in [-0.2, -0.15) is 0 Å². The molecular formula is C13H10FNO2. The normalized spacial score (nSPS) is 10.0. The molecule has 0 aliphatic carbocycles. The summed E-state index contributed by atoms with van der Waals surface area (Å²) in [5, 5.41) is 0. The molecule has 0 saturated carbocycles. The Bertz CT molecular complexity index is 555. The van der Waals surface area contributed by atoms with Gasteiger partial charge in [-0.15, -0.1) is 0 Å². The van der Waals surface area contributed by atoms with Crippen LogP contribution in [0.25, 0.3) is 11.1 Å². The van der Waals surface area contributed by atoms with Crippen LogP contribution >= 0.6 is 0 Å². The van der Waals surface area contributed by atoms with E-state index in [1.54, 1.807) is 18.3 Å². The van der Waals surface area contributed by atoms with Gasteiger partial charge < -0.3 is 4.74 Å². The highest BCUT2D eigenvalue weighted by Gasteiger charge is 2.11. The van der Waals surface area contributed by atoms with Gasteiger partial charge in [-0.3, -0.25) is 4.79 Å². The summed E-state index contributed by atoms with van der Waals surface area (Å²) >= 11 is 0. The minimum absolute atomic E-state index is 0.305. The van der Waals surface area contributed by atoms with Gasteiger partial charge in [0.15, 0.2) is 0 Å². The maximum absolute atomic E-state index is 13.7. The SMILES string of the molecule is COc1ncccc1-c1cc(C=O)ccc1F. The lowest BCUT2D eigenvalue weighted by Crippen LogP contribution is -1.94. The molecule has 0 unspecified atom stereocenters. The van der Waals surface area contributed by atoms with E-state index in [0.717, 1.165) is 0 Å². The molecule has 1 aromatic carbocycles. The van der Waals surface area contributed by atoms with Crippen LogP contribution in [0.2, 0.25) is 0 Å². The van der Waals surface area contributed by atoms with Gasteiger partial charge in [-0.1, -0.05) is 0 Å². The molecule has 0 amide bonds. The number of nitrogens with zero attached hydrogens (tertiary/aromatic N) is 1. The number of aromatic nitrogens is 1. The Balaban J connectivity index is 2.62. The van der Waals surface area contributed by atoms with Gasteiger partial charge in [0.25, 0.3) is 0 Å². The van der Waals surface area contributed by atoms with Crippen molar-refractivity contribution in [1.29, 1.82) is 0 Å². The van der Waals surface area contributed by atoms with Gasteiger partial charge in [-0.25, -0.2) is 9.37 Å². The van der Waals surface area contributed by atoms with E-state index >= 15 is 0 Å². The van der Waals surface area contributed by atoms with Gasteiger partial charge in [0.05, 0.1) is 7.11 Å². The van der Waals surface area contributed by atoms with Crippen LogP contribution < -0.4 is 4.74 Å². The third-order valence-corrected chi connectivity index (χ3v) is 2.38. The largest absolute Gasteiger partial charge is 0.481 e. The number of rotatable bonds is 3. The second-order valence-corrected chi connectivity index (χ2v) is 3.42. The number of hydrogen-bond acceptors (Lipinski definition) is 3. The number of hydrogen-bond donors (Lipinski definition) is 0. The fourth-order valence-electron chi connectivity index (χ4n) is 1.58. The Kier molecular flexibility index (Phi) is 3.14. The van der Waals surface area contributed by atoms with Crippen molar-refractivity contribution >= 4 is 6.29 Å². The molecule has 4 heteroatoms. The lowest BCUT2D eigenvalue weighted by molar-refractivity contribution is 0.112. The van der Waals surface area contributed by atoms with Crippen LogP contribution in [0, 0.1) is 5.82 Å². The molecule has 1 heterocycles. The average Bonchev–Trinajstić information content (AvgIpc) is 2.39. The summed E-state index contributed by atoms with van der Waals surface area (Å²) in [4.78, 5) is 14.7. The van der Waals surface area contributed by atoms with Crippen molar-refractivity contribution < 1.29 is 13.9 Å². The molecule has 2 rings (SSSR count). The minimum atomic E-state index is -0.415. The molecule has 0 aliphatic rings. The van der Waals surface area contributed by atoms with E-state index in [9.17, 15) is 9.18 Å². The molecule has 0 aliphatic heterocycles. The molecule has 86 valence electrons. The van der Waals surface area contributed by atoms with Crippen molar-refractivity contribution in [2.45, 2.75) is 0 Å². The lowest BCUT2D eigenvalue weighted by Gasteiger charge is -2.08. The first-order valence-electron chi connectivity index (χ1n) is 5.00. The van der Waals surface area contributed by atoms with Gasteiger partial charge >= 0.3 is 0 Å². The summed E-state index contributed by atoms with van der Waals surface area (Å²) < 4.78 is 18.8. The third kappa shape index (κ3) is 2.15. The molecule has 0 bridgehead atoms. The van der Waals surface area contributed by atoms with Crippen LogP contribution in [0.5, 0.6) is 5.88 Å². The van der Waals surface area contributed by atoms with Gasteiger partial charge in [0.2, 0.25) is 5.88 Å². The maximum Gasteiger partial charge on any atom is 0.221 e. The van der Waals surface area contributed by atoms with E-state index in [4.69, 9.17) is 4.74 Å². The molecule has 0 fully saturated rings. The number of carbonyl (C=O) groups is 1. The molecule has 17 heavy (non-hydrogen) atoms. The zero-order valence-electron chi connectivity index (χ0n) is 9.18. The van der Waals surface area contributed by atoms with E-state index < -0.39 is 5.82 Å². The standard InChI is InChI=1S/C13H10FNO2/c1-17-13-10(3-2-6-15-13)11-7-9(8-16)4-5-12(11)14/h2-8H,1H3. The van der Waals surface area contributed by atoms with Crippen LogP contribution in [-0.4, -0.2) is 18.4 Å². The van der Waals surface area contributed by atoms with Gasteiger partial charge in [0.1, 0.15) is 12.1 Å². The zero-order chi connectivity index (χ0) is 12.3. The van der Waals surface area contributed by atoms with Crippen LogP contribution in [-0.2, 0) is 0 Å². The topological polar surface area (TPSA) is 39.2 Å². The highest BCUT2D eigenvalue weighted by molar-refractivity contribution is 5.80. The Morgan fingerprint density at radius 1 is 1.29 bits per heavy atom. The molecule has 0 spiro atoms. The van der Waals surface area contributed by atoms with E-state index in [2.05, 4.69) is 4.98 Å². The fourth-order valence-corrected chi connectivity index (χ4v) is 1.58. The molecule has 0 atom stereocenters. The van der Waals surface area contributed by atoms with E-state index in [1.807, 2.05) is 0 Å². The Morgan fingerprint density at radius 2 is 2.12 bits per heavy atom. The highest BCUT2D eigenvalue weighted by atomic mass is 19.1. The Morgan fingerprint density at radius 3 is 2.82 bits per heavy atom. The maximum atomic E-state index is 13.7. The molecular weight excluding hydrogens is 221 g/mol. The molecule has 0 radical (unpaired) electrons. The zero-order valence-corrected chi connectivity index (χ0v) is 9.18. The van der Waals surface area contributed by atoms with Crippen LogP contribution in [0.4, 0.5) is 4.39 Å². The van der Waals surface area contributed by atoms with Crippen molar-refractivity contribution in [2.24, 2.45) is 0 Å². The van der Waals surface area contributed by atoms with Gasteiger partial charge in [0, 0.05) is 22.9 Å². The molecule has 0 N–H and O–H groups in total. The Labute approximate surface area is 97.9 Å². The van der Waals surface area contributed by atoms with Crippen molar-refractivity contribution in [1.82, 2.24) is 4.98 Å². The number of methoxy groups -OCH3 is 1. The summed E-state index contributed by atoms with van der Waals surface area (Å²) in [6.07, 6.45) is 2.23. The van der Waals surface area contributed by atoms with E-state index in [1.165, 1.54) is 25.3 Å². The average molecular weight is 231 g/mol. The first-order chi connectivity index (χ1) is 8.26. The molecule has 1 aromatic heterocycles. The lowest BCUT2D eigenvalue weighted by atomic mass is 10.0. The summed E-state index contributed by atoms with van der Waals surface area (Å²) in [7, 11) is 1.47. The molecule has 2 aromatic rings. The minimum Gasteiger partial charge on any atom is -0.481 e. The van der Waals surface area contributed by atoms with Crippen LogP contribution in [0.1, 0.15) is 10.4 Å². The first-order valence-corrected chi connectivity index (χ1v) is 5.00. The fraction of sp³-hybridized carbons (Fsp3) is 0.0769. The quantitative estimate of drug-likeness (QED) is 0.762. The summed E-state index contributed by atoms with van der Waals surface area (Å²) in [5.41, 5.74) is 1.24. The molecule has 0 saturated heterocycles. The van der Waals surface area contributed by atoms with Crippen molar-refractivity contribution in [3.05, 3.63) is 47.9 Å². The summed E-state index contributed by atoms with van der Waals surface area (Å²) in [6, 6.07) is 7.53. The van der Waals surface area contributed by atoms with Crippen molar-refractivity contribution in [3.63, 3.8) is 0 Å².